The van der Waals surface area contributed by atoms with Crippen LogP contribution in [0.1, 0.15) is 345 Å². The molecular weight excluding hydrogens is 1730 g/mol. The number of carboxylic acid groups (broad SMARTS) is 1. The van der Waals surface area contributed by atoms with Crippen LogP contribution in [0.15, 0.2) is 183 Å². The number of aliphatic carboxylic acids is 1. The van der Waals surface area contributed by atoms with Crippen molar-refractivity contribution in [3.05, 3.63) is 194 Å². The number of methoxy groups -OCH3 is 3. The van der Waals surface area contributed by atoms with Crippen molar-refractivity contribution in [3.63, 3.8) is 0 Å². The summed E-state index contributed by atoms with van der Waals surface area (Å²) in [5, 5.41) is 58.2. The first-order valence-electron chi connectivity index (χ1n) is 48.6. The van der Waals surface area contributed by atoms with Gasteiger partial charge in [-0.05, 0) is 208 Å². The summed E-state index contributed by atoms with van der Waals surface area (Å²) in [6.45, 7) is 32.3. The van der Waals surface area contributed by atoms with E-state index in [0.717, 1.165) is 101 Å². The Kier molecular flexibility index (Phi) is 56.9. The average molecular weight is 1890 g/mol. The second-order valence-electron chi connectivity index (χ2n) is 35.9. The molecule has 0 aliphatic heterocycles. The van der Waals surface area contributed by atoms with E-state index in [1.54, 1.807) is 139 Å². The van der Waals surface area contributed by atoms with Crippen LogP contribution in [-0.2, 0) is 76.5 Å². The number of unbranched alkanes of at least 4 members (excludes halogenated alkanes) is 20. The lowest BCUT2D eigenvalue weighted by Crippen LogP contribution is -2.50. The summed E-state index contributed by atoms with van der Waals surface area (Å²) in [5.74, 6) is -3.82. The maximum atomic E-state index is 13.4. The Hall–Kier alpha value is -10.1. The zero-order chi connectivity index (χ0) is 103. The largest absolute Gasteiger partial charge is 0.478 e. The molecule has 1 aromatic carbocycles. The first-order valence-corrected chi connectivity index (χ1v) is 48.6. The van der Waals surface area contributed by atoms with Crippen LogP contribution in [0.4, 0.5) is 0 Å². The highest BCUT2D eigenvalue weighted by molar-refractivity contribution is 6.30. The Morgan fingerprint density at radius 2 is 0.588 bits per heavy atom. The molecule has 25 heteroatoms. The summed E-state index contributed by atoms with van der Waals surface area (Å²) in [5.41, 5.74) is 9.70. The van der Waals surface area contributed by atoms with Crippen LogP contribution in [-0.4, -0.2) is 208 Å². The molecule has 0 heterocycles. The first-order chi connectivity index (χ1) is 64.3. The minimum atomic E-state index is -1.80. The van der Waals surface area contributed by atoms with Crippen molar-refractivity contribution in [3.8, 4) is 0 Å². The van der Waals surface area contributed by atoms with Gasteiger partial charge in [0.05, 0.1) is 6.61 Å². The van der Waals surface area contributed by atoms with E-state index in [4.69, 9.17) is 19.3 Å². The first kappa shape index (κ1) is 122. The molecule has 5 atom stereocenters. The number of hydrogen-bond acceptors (Lipinski definition) is 23. The second-order valence-corrected chi connectivity index (χ2v) is 35.9. The zero-order valence-electron chi connectivity index (χ0n) is 85.6. The van der Waals surface area contributed by atoms with Gasteiger partial charge in [-0.25, -0.2) is 4.79 Å². The van der Waals surface area contributed by atoms with Gasteiger partial charge < -0.3 is 49.7 Å². The lowest BCUT2D eigenvalue weighted by Gasteiger charge is -2.29. The van der Waals surface area contributed by atoms with Crippen LogP contribution in [0.25, 0.3) is 0 Å². The number of carbonyl (C=O) groups excluding carboxylic acids is 14. The Balaban J connectivity index is 0.000000582. The van der Waals surface area contributed by atoms with E-state index < -0.39 is 49.0 Å². The number of rotatable bonds is 52. The fourth-order valence-corrected chi connectivity index (χ4v) is 15.7. The number of carbonyl (C=O) groups is 15. The van der Waals surface area contributed by atoms with Crippen LogP contribution < -0.4 is 0 Å². The molecule has 6 N–H and O–H groups in total. The fraction of sp³-hybridized carbons (Fsp3) is 0.559. The topological polar surface area (TPSA) is 408 Å². The average Bonchev–Trinajstić information content (AvgIpc) is 0.774. The van der Waals surface area contributed by atoms with Crippen LogP contribution in [0, 0.1) is 0 Å². The summed E-state index contributed by atoms with van der Waals surface area (Å²) >= 11 is 0. The summed E-state index contributed by atoms with van der Waals surface area (Å²) in [4.78, 5) is 188. The van der Waals surface area contributed by atoms with Crippen molar-refractivity contribution in [1.82, 2.24) is 4.90 Å². The number of amides is 1. The highest BCUT2D eigenvalue weighted by Gasteiger charge is 2.36. The van der Waals surface area contributed by atoms with Gasteiger partial charge in [-0.1, -0.05) is 187 Å². The molecule has 1 aromatic rings. The van der Waals surface area contributed by atoms with E-state index in [-0.39, 0.29) is 117 Å². The normalized spacial score (nSPS) is 16.7. The Morgan fingerprint density at radius 3 is 0.904 bits per heavy atom. The zero-order valence-corrected chi connectivity index (χ0v) is 85.6. The van der Waals surface area contributed by atoms with Crippen molar-refractivity contribution in [2.24, 2.45) is 0 Å². The molecule has 5 aliphatic rings. The third-order valence-electron chi connectivity index (χ3n) is 25.7. The summed E-state index contributed by atoms with van der Waals surface area (Å²) in [6.07, 6.45) is 29.4. The molecule has 0 spiro atoms. The molecule has 0 saturated carbocycles. The number of aliphatic hydroxyl groups is 5. The van der Waals surface area contributed by atoms with Gasteiger partial charge in [0.25, 0.3) is 0 Å². The Labute approximate surface area is 807 Å². The number of benzene rings is 1. The van der Waals surface area contributed by atoms with Gasteiger partial charge in [0, 0.05) is 158 Å². The highest BCUT2D eigenvalue weighted by atomic mass is 16.5. The molecule has 0 fully saturated rings. The van der Waals surface area contributed by atoms with E-state index >= 15 is 0 Å². The number of ketones is 13. The van der Waals surface area contributed by atoms with Gasteiger partial charge in [-0.3, -0.25) is 67.1 Å². The lowest BCUT2D eigenvalue weighted by atomic mass is 9.83. The summed E-state index contributed by atoms with van der Waals surface area (Å²) < 4.78 is 15.0. The molecule has 136 heavy (non-hydrogen) atoms. The van der Waals surface area contributed by atoms with Crippen molar-refractivity contribution in [2.45, 2.75) is 355 Å². The van der Waals surface area contributed by atoms with Crippen molar-refractivity contribution < 1.29 is 117 Å². The van der Waals surface area contributed by atoms with E-state index in [1.165, 1.54) is 98.3 Å². The molecular formula is C111H157NO24. The predicted octanol–water partition coefficient (Wildman–Crippen LogP) is 19.0. The standard InChI is InChI=1S/C28H45NO8.C24H36O4.C21H30O4.C20H22O4.C18H24O4/c1-6-7-8-9-10-11-12-13-20(14-21-19(4)24(33)17(2)18(3)25(21)34)28(37)29(5)15-22(31)26(35)27(36)23(32)16-30;1-7-8-9-10-11-12-13-14-20(24(27)19(5)28-6)15-21-18(4)22(25)16(2)17(3)23(21)26;1-5-6-7-8-9-10-11-12-17(21(24)25)13-18-16(4)19(22)14(2)15(3)20(18)23;1-4-5-8-14(18(21)12-24-3)11-17-13(2)19(22)15-9-6-7-10-16(15)20(17)23;1-6-7-8-14(16(19)10-22-5)9-15-13(4)17(20)11(2)12(3)18(15)21/h14,22-23,26-27,30-32,35-36H,6-13,15-16H2,1-5H3;15,19H,7-14H2,1-6H3;13H,5-12H2,1-4H3,(H,24,25);6-7,9-11H,4-5,8,12H2,1-3H3;9H,6-8,10H2,1-5H3/t22-,23+,26+,27+;;;;/m0..../s1. The minimum Gasteiger partial charge on any atom is -0.478 e. The number of Topliss-reactive ketones (excluding diaryl/α,β-unsaturated/α-hetero) is 13. The Morgan fingerprint density at radius 1 is 0.331 bits per heavy atom. The van der Waals surface area contributed by atoms with Gasteiger partial charge in [-0.15, -0.1) is 0 Å². The number of nitrogens with zero attached hydrogens (tertiary/aromatic N) is 1. The third-order valence-corrected chi connectivity index (χ3v) is 25.7. The molecule has 750 valence electrons. The molecule has 5 aliphatic carbocycles. The number of likely N-dealkylation sites (N-methyl/N-ethyl adjacent to an activating group) is 1. The summed E-state index contributed by atoms with van der Waals surface area (Å²) in [6, 6.07) is 6.79. The van der Waals surface area contributed by atoms with Crippen LogP contribution >= 0.6 is 0 Å². The number of carboxylic acids is 1. The van der Waals surface area contributed by atoms with Gasteiger partial charge in [-0.2, -0.15) is 0 Å². The molecule has 0 aromatic heterocycles. The predicted molar refractivity (Wildman–Crippen MR) is 531 cm³/mol. The number of fused-ring (bicyclic) bond motifs is 1. The van der Waals surface area contributed by atoms with E-state index in [1.807, 2.05) is 13.8 Å². The molecule has 0 saturated heterocycles. The second kappa shape index (κ2) is 63.4. The van der Waals surface area contributed by atoms with Crippen LogP contribution in [0.5, 0.6) is 0 Å². The third kappa shape index (κ3) is 36.7. The van der Waals surface area contributed by atoms with Gasteiger partial charge in [0.15, 0.2) is 75.2 Å². The summed E-state index contributed by atoms with van der Waals surface area (Å²) in [7, 11) is 5.84. The Bertz CT molecular complexity index is 4970. The number of hydrogen-bond donors (Lipinski definition) is 6. The van der Waals surface area contributed by atoms with E-state index in [9.17, 15) is 97.5 Å². The maximum Gasteiger partial charge on any atom is 0.331 e. The van der Waals surface area contributed by atoms with Crippen LogP contribution in [0.3, 0.4) is 0 Å². The van der Waals surface area contributed by atoms with Gasteiger partial charge >= 0.3 is 5.97 Å². The number of aliphatic hydroxyl groups excluding tert-OH is 5. The maximum absolute atomic E-state index is 13.4. The van der Waals surface area contributed by atoms with Gasteiger partial charge in [0.1, 0.15) is 43.7 Å². The van der Waals surface area contributed by atoms with Gasteiger partial charge in [0.2, 0.25) is 5.91 Å². The quantitative estimate of drug-likeness (QED) is 0.0200. The smallest absolute Gasteiger partial charge is 0.331 e. The monoisotopic (exact) mass is 1890 g/mol. The SMILES string of the molecule is CCCCC(=CC1=C(C)C(=O)C(C)=C(C)C1=O)C(=O)COC.CCCCC(=CC1=C(C)C(=O)c2ccccc2C1=O)C(=O)COC.CCCCCCCCCC(=CC1=C(C)C(=O)C(C)=C(C)C1=O)C(=O)C(C)OC.CCCCCCCCCC(=CC1=C(C)C(=O)C(C)=C(C)C1=O)C(=O)N(C)C[C@H](O)[C@@H](O)[C@H](O)[C@H](O)CO.CCCCCCCCCC(=CC1=C(C)C(=O)C(C)=C(C)C1=O)C(=O)O. The highest BCUT2D eigenvalue weighted by Crippen LogP contribution is 2.35. The molecule has 25 nitrogen and oxygen atoms in total. The minimum absolute atomic E-state index is 0.0160. The van der Waals surface area contributed by atoms with E-state index in [0.29, 0.717) is 156 Å². The van der Waals surface area contributed by atoms with Crippen molar-refractivity contribution in [2.75, 3.05) is 54.7 Å². The molecule has 1 unspecified atom stereocenters. The number of allylic oxidation sites excluding steroid dienone is 23. The number of ether oxygens (including phenoxy) is 3. The van der Waals surface area contributed by atoms with Crippen LogP contribution in [0.2, 0.25) is 0 Å². The molecule has 0 bridgehead atoms. The van der Waals surface area contributed by atoms with Crippen molar-refractivity contribution >= 4 is 87.1 Å². The lowest BCUT2D eigenvalue weighted by molar-refractivity contribution is -0.135. The molecule has 6 rings (SSSR count). The van der Waals surface area contributed by atoms with Crippen molar-refractivity contribution in [1.29, 1.82) is 0 Å². The fourth-order valence-electron chi connectivity index (χ4n) is 15.7. The molecule has 1 amide bonds. The van der Waals surface area contributed by atoms with E-state index in [2.05, 4.69) is 20.8 Å². The molecule has 0 radical (unpaired) electrons.